The first-order valence-electron chi connectivity index (χ1n) is 9.82. The van der Waals surface area contributed by atoms with Crippen molar-refractivity contribution in [2.24, 2.45) is 5.41 Å². The van der Waals surface area contributed by atoms with E-state index in [-0.39, 0.29) is 17.7 Å². The third kappa shape index (κ3) is 5.23. The van der Waals surface area contributed by atoms with Gasteiger partial charge in [-0.2, -0.15) is 0 Å². The van der Waals surface area contributed by atoms with Gasteiger partial charge in [0, 0.05) is 23.3 Å². The first kappa shape index (κ1) is 21.0. The number of hydrogen-bond donors (Lipinski definition) is 2. The Balaban J connectivity index is 1.65. The third-order valence-corrected chi connectivity index (χ3v) is 5.75. The van der Waals surface area contributed by atoms with Crippen LogP contribution in [0.25, 0.3) is 0 Å². The average Bonchev–Trinajstić information content (AvgIpc) is 3.23. The topological polar surface area (TPSA) is 78.5 Å². The van der Waals surface area contributed by atoms with E-state index in [9.17, 15) is 14.4 Å². The van der Waals surface area contributed by atoms with E-state index in [1.54, 1.807) is 35.2 Å². The SMILES string of the molecule is CC(C)(C)C(=O)Nc1ccc(NC(=O)[C@H]2CCCCN2C(=O)c2cccs2)cc1. The summed E-state index contributed by atoms with van der Waals surface area (Å²) < 4.78 is 0. The molecule has 0 spiro atoms. The number of nitrogens with zero attached hydrogens (tertiary/aromatic N) is 1. The van der Waals surface area contributed by atoms with E-state index < -0.39 is 11.5 Å². The second-order valence-corrected chi connectivity index (χ2v) is 9.21. The van der Waals surface area contributed by atoms with Gasteiger partial charge in [-0.25, -0.2) is 0 Å². The summed E-state index contributed by atoms with van der Waals surface area (Å²) in [5.41, 5.74) is 0.833. The lowest BCUT2D eigenvalue weighted by Crippen LogP contribution is -2.49. The highest BCUT2D eigenvalue weighted by Gasteiger charge is 2.33. The molecule has 0 bridgehead atoms. The number of carbonyl (C=O) groups is 3. The van der Waals surface area contributed by atoms with Crippen molar-refractivity contribution in [2.45, 2.75) is 46.1 Å². The maximum absolute atomic E-state index is 12.9. The molecule has 1 aliphatic rings. The molecule has 7 heteroatoms. The maximum Gasteiger partial charge on any atom is 0.264 e. The van der Waals surface area contributed by atoms with Crippen LogP contribution in [0.3, 0.4) is 0 Å². The van der Waals surface area contributed by atoms with Crippen LogP contribution >= 0.6 is 11.3 Å². The lowest BCUT2D eigenvalue weighted by molar-refractivity contribution is -0.123. The summed E-state index contributed by atoms with van der Waals surface area (Å²) >= 11 is 1.39. The molecule has 1 aliphatic heterocycles. The van der Waals surface area contributed by atoms with Crippen molar-refractivity contribution in [1.82, 2.24) is 4.90 Å². The molecule has 2 aromatic rings. The number of nitrogens with one attached hydrogen (secondary N) is 2. The zero-order chi connectivity index (χ0) is 21.0. The van der Waals surface area contributed by atoms with Crippen molar-refractivity contribution in [1.29, 1.82) is 0 Å². The van der Waals surface area contributed by atoms with Crippen LogP contribution in [-0.2, 0) is 9.59 Å². The van der Waals surface area contributed by atoms with Gasteiger partial charge in [0.2, 0.25) is 11.8 Å². The fourth-order valence-corrected chi connectivity index (χ4v) is 3.85. The summed E-state index contributed by atoms with van der Waals surface area (Å²) in [6, 6.07) is 10.2. The Morgan fingerprint density at radius 2 is 1.66 bits per heavy atom. The van der Waals surface area contributed by atoms with E-state index in [1.807, 2.05) is 32.2 Å². The molecule has 1 aromatic heterocycles. The standard InChI is InChI=1S/C22H27N3O3S/c1-22(2,3)21(28)24-16-11-9-15(10-12-16)23-19(26)17-7-4-5-13-25(17)20(27)18-8-6-14-29-18/h6,8-12,14,17H,4-5,7,13H2,1-3H3,(H,23,26)(H,24,28)/t17-/m1/s1. The zero-order valence-corrected chi connectivity index (χ0v) is 17.8. The van der Waals surface area contributed by atoms with Gasteiger partial charge >= 0.3 is 0 Å². The summed E-state index contributed by atoms with van der Waals surface area (Å²) in [5, 5.41) is 7.64. The molecule has 0 unspecified atom stereocenters. The van der Waals surface area contributed by atoms with E-state index in [2.05, 4.69) is 10.6 Å². The van der Waals surface area contributed by atoms with Crippen molar-refractivity contribution in [3.05, 3.63) is 46.7 Å². The molecule has 1 saturated heterocycles. The lowest BCUT2D eigenvalue weighted by Gasteiger charge is -2.34. The van der Waals surface area contributed by atoms with E-state index in [4.69, 9.17) is 0 Å². The van der Waals surface area contributed by atoms with E-state index in [0.29, 0.717) is 29.2 Å². The number of likely N-dealkylation sites (tertiary alicyclic amines) is 1. The largest absolute Gasteiger partial charge is 0.326 e. The highest BCUT2D eigenvalue weighted by molar-refractivity contribution is 7.12. The number of amides is 3. The van der Waals surface area contributed by atoms with Crippen LogP contribution in [0.1, 0.15) is 49.7 Å². The molecule has 1 atom stereocenters. The summed E-state index contributed by atoms with van der Waals surface area (Å²) in [6.07, 6.45) is 2.48. The Morgan fingerprint density at radius 3 is 2.24 bits per heavy atom. The summed E-state index contributed by atoms with van der Waals surface area (Å²) in [7, 11) is 0. The van der Waals surface area contributed by atoms with E-state index in [0.717, 1.165) is 12.8 Å². The molecule has 6 nitrogen and oxygen atoms in total. The quantitative estimate of drug-likeness (QED) is 0.781. The molecule has 2 heterocycles. The molecule has 0 saturated carbocycles. The first-order chi connectivity index (χ1) is 13.8. The molecule has 1 aromatic carbocycles. The van der Waals surface area contributed by atoms with Crippen LogP contribution in [0, 0.1) is 5.41 Å². The van der Waals surface area contributed by atoms with Gasteiger partial charge in [0.1, 0.15) is 6.04 Å². The molecule has 0 radical (unpaired) electrons. The average molecular weight is 414 g/mol. The second-order valence-electron chi connectivity index (χ2n) is 8.26. The minimum Gasteiger partial charge on any atom is -0.326 e. The summed E-state index contributed by atoms with van der Waals surface area (Å²) in [5.74, 6) is -0.333. The van der Waals surface area contributed by atoms with Crippen molar-refractivity contribution < 1.29 is 14.4 Å². The summed E-state index contributed by atoms with van der Waals surface area (Å²) in [4.78, 5) is 40.1. The number of carbonyl (C=O) groups excluding carboxylic acids is 3. The molecule has 0 aliphatic carbocycles. The third-order valence-electron chi connectivity index (χ3n) is 4.89. The molecule has 2 N–H and O–H groups in total. The maximum atomic E-state index is 12.9. The Bertz CT molecular complexity index is 870. The molecule has 154 valence electrons. The molecular weight excluding hydrogens is 386 g/mol. The molecule has 3 rings (SSSR count). The fourth-order valence-electron chi connectivity index (χ4n) is 3.17. The lowest BCUT2D eigenvalue weighted by atomic mass is 9.95. The van der Waals surface area contributed by atoms with Crippen LogP contribution in [0.4, 0.5) is 11.4 Å². The second kappa shape index (κ2) is 8.78. The highest BCUT2D eigenvalue weighted by Crippen LogP contribution is 2.24. The van der Waals surface area contributed by atoms with Gasteiger partial charge in [-0.15, -0.1) is 11.3 Å². The fraction of sp³-hybridized carbons (Fsp3) is 0.409. The summed E-state index contributed by atoms with van der Waals surface area (Å²) in [6.45, 7) is 6.14. The van der Waals surface area contributed by atoms with Crippen molar-refractivity contribution in [3.63, 3.8) is 0 Å². The predicted molar refractivity (Wildman–Crippen MR) is 116 cm³/mol. The Morgan fingerprint density at radius 1 is 1.00 bits per heavy atom. The van der Waals surface area contributed by atoms with Crippen LogP contribution in [-0.4, -0.2) is 35.2 Å². The number of benzene rings is 1. The van der Waals surface area contributed by atoms with Gasteiger partial charge in [0.25, 0.3) is 5.91 Å². The Labute approximate surface area is 175 Å². The van der Waals surface area contributed by atoms with Crippen LogP contribution in [0.5, 0.6) is 0 Å². The predicted octanol–water partition coefficient (Wildman–Crippen LogP) is 4.37. The molecule has 29 heavy (non-hydrogen) atoms. The first-order valence-corrected chi connectivity index (χ1v) is 10.7. The number of thiophene rings is 1. The number of rotatable bonds is 4. The van der Waals surface area contributed by atoms with Crippen LogP contribution in [0.15, 0.2) is 41.8 Å². The zero-order valence-electron chi connectivity index (χ0n) is 17.0. The van der Waals surface area contributed by atoms with Gasteiger partial charge in [-0.05, 0) is 55.0 Å². The molecule has 1 fully saturated rings. The molecular formula is C22H27N3O3S. The minimum absolute atomic E-state index is 0.0702. The Hall–Kier alpha value is -2.67. The van der Waals surface area contributed by atoms with Gasteiger partial charge in [-0.3, -0.25) is 14.4 Å². The van der Waals surface area contributed by atoms with Gasteiger partial charge in [0.05, 0.1) is 4.88 Å². The van der Waals surface area contributed by atoms with E-state index >= 15 is 0 Å². The van der Waals surface area contributed by atoms with Gasteiger partial charge < -0.3 is 15.5 Å². The van der Waals surface area contributed by atoms with Crippen molar-refractivity contribution in [3.8, 4) is 0 Å². The Kier molecular flexibility index (Phi) is 6.37. The number of hydrogen-bond acceptors (Lipinski definition) is 4. The van der Waals surface area contributed by atoms with Crippen molar-refractivity contribution in [2.75, 3.05) is 17.2 Å². The number of piperidine rings is 1. The van der Waals surface area contributed by atoms with Crippen LogP contribution in [0.2, 0.25) is 0 Å². The normalized spacial score (nSPS) is 16.9. The monoisotopic (exact) mass is 413 g/mol. The van der Waals surface area contributed by atoms with E-state index in [1.165, 1.54) is 11.3 Å². The minimum atomic E-state index is -0.480. The van der Waals surface area contributed by atoms with Crippen molar-refractivity contribution >= 4 is 40.4 Å². The smallest absolute Gasteiger partial charge is 0.264 e. The van der Waals surface area contributed by atoms with Crippen LogP contribution < -0.4 is 10.6 Å². The van der Waals surface area contributed by atoms with Gasteiger partial charge in [0.15, 0.2) is 0 Å². The highest BCUT2D eigenvalue weighted by atomic mass is 32.1. The van der Waals surface area contributed by atoms with Gasteiger partial charge in [-0.1, -0.05) is 26.8 Å². The molecule has 3 amide bonds. The number of anilines is 2.